The molecule has 0 spiro atoms. The first-order valence-corrected chi connectivity index (χ1v) is 12.4. The molecule has 182 valence electrons. The Balaban J connectivity index is 1.44. The minimum Gasteiger partial charge on any atom is -0.455 e. The fourth-order valence-electron chi connectivity index (χ4n) is 3.82. The number of furan rings is 1. The lowest BCUT2D eigenvalue weighted by atomic mass is 10.1. The molecule has 0 radical (unpaired) electrons. The van der Waals surface area contributed by atoms with Gasteiger partial charge in [-0.1, -0.05) is 17.7 Å². The SMILES string of the molecule is Cc1ccc([N+](=O)[O-])cc1-c1ccc(/C=N\NC(=O)[C@@H]2CCCN2S(=O)(=O)c2ccc(Cl)cc2)o1. The molecule has 10 nitrogen and oxygen atoms in total. The van der Waals surface area contributed by atoms with Crippen LogP contribution in [0.2, 0.25) is 5.02 Å². The zero-order valence-electron chi connectivity index (χ0n) is 18.5. The summed E-state index contributed by atoms with van der Waals surface area (Å²) in [5.74, 6) is 0.163. The second kappa shape index (κ2) is 9.98. The number of benzene rings is 2. The number of rotatable bonds is 7. The van der Waals surface area contributed by atoms with Gasteiger partial charge in [0.15, 0.2) is 0 Å². The van der Waals surface area contributed by atoms with Crippen molar-refractivity contribution in [1.82, 2.24) is 9.73 Å². The average Bonchev–Trinajstić information content (AvgIpc) is 3.50. The van der Waals surface area contributed by atoms with E-state index in [4.69, 9.17) is 16.0 Å². The van der Waals surface area contributed by atoms with Crippen molar-refractivity contribution < 1.29 is 22.6 Å². The van der Waals surface area contributed by atoms with Crippen LogP contribution in [0.1, 0.15) is 24.2 Å². The van der Waals surface area contributed by atoms with Crippen molar-refractivity contribution in [3.63, 3.8) is 0 Å². The molecule has 0 aliphatic carbocycles. The number of amides is 1. The minimum atomic E-state index is -3.87. The lowest BCUT2D eigenvalue weighted by Gasteiger charge is -2.22. The molecule has 0 unspecified atom stereocenters. The molecule has 12 heteroatoms. The molecule has 0 bridgehead atoms. The van der Waals surface area contributed by atoms with Gasteiger partial charge in [-0.25, -0.2) is 13.8 Å². The van der Waals surface area contributed by atoms with Crippen molar-refractivity contribution in [2.75, 3.05) is 6.54 Å². The number of carbonyl (C=O) groups is 1. The standard InChI is InChI=1S/C23H21ClN4O6S/c1-15-4-7-17(28(30)31)13-20(15)22-11-8-18(34-22)14-25-26-23(29)21-3-2-12-27(21)35(32,33)19-9-5-16(24)6-10-19/h4-11,13-14,21H,2-3,12H2,1H3,(H,26,29)/b25-14-/t21-/m0/s1. The lowest BCUT2D eigenvalue weighted by molar-refractivity contribution is -0.384. The summed E-state index contributed by atoms with van der Waals surface area (Å²) < 4.78 is 32.8. The Kier molecular flexibility index (Phi) is 7.01. The van der Waals surface area contributed by atoms with E-state index in [9.17, 15) is 23.3 Å². The van der Waals surface area contributed by atoms with Crippen molar-refractivity contribution in [1.29, 1.82) is 0 Å². The Labute approximate surface area is 206 Å². The van der Waals surface area contributed by atoms with Crippen LogP contribution in [-0.2, 0) is 14.8 Å². The Morgan fingerprint density at radius 1 is 1.23 bits per heavy atom. The van der Waals surface area contributed by atoms with E-state index in [-0.39, 0.29) is 17.1 Å². The highest BCUT2D eigenvalue weighted by atomic mass is 35.5. The third-order valence-electron chi connectivity index (χ3n) is 5.62. The highest BCUT2D eigenvalue weighted by Crippen LogP contribution is 2.29. The first kappa shape index (κ1) is 24.6. The van der Waals surface area contributed by atoms with Crippen LogP contribution in [0.15, 0.2) is 69.0 Å². The Morgan fingerprint density at radius 2 is 1.97 bits per heavy atom. The van der Waals surface area contributed by atoms with E-state index >= 15 is 0 Å². The van der Waals surface area contributed by atoms with E-state index in [0.29, 0.717) is 34.9 Å². The predicted octanol–water partition coefficient (Wildman–Crippen LogP) is 4.12. The van der Waals surface area contributed by atoms with Crippen LogP contribution < -0.4 is 5.43 Å². The van der Waals surface area contributed by atoms with Gasteiger partial charge in [0.2, 0.25) is 10.0 Å². The molecule has 3 aromatic rings. The molecule has 2 aromatic carbocycles. The number of hydrogen-bond acceptors (Lipinski definition) is 7. The molecule has 1 aromatic heterocycles. The van der Waals surface area contributed by atoms with Crippen molar-refractivity contribution in [3.05, 3.63) is 81.1 Å². The van der Waals surface area contributed by atoms with E-state index in [0.717, 1.165) is 9.87 Å². The molecular weight excluding hydrogens is 496 g/mol. The fourth-order valence-corrected chi connectivity index (χ4v) is 5.60. The maximum absolute atomic E-state index is 13.0. The number of non-ortho nitro benzene ring substituents is 1. The van der Waals surface area contributed by atoms with Crippen LogP contribution in [-0.4, -0.2) is 42.4 Å². The quantitative estimate of drug-likeness (QED) is 0.285. The van der Waals surface area contributed by atoms with Gasteiger partial charge in [-0.15, -0.1) is 0 Å². The first-order chi connectivity index (χ1) is 16.7. The number of nitro groups is 1. The predicted molar refractivity (Wildman–Crippen MR) is 130 cm³/mol. The average molecular weight is 517 g/mol. The van der Waals surface area contributed by atoms with Crippen LogP contribution in [0.25, 0.3) is 11.3 Å². The summed E-state index contributed by atoms with van der Waals surface area (Å²) in [4.78, 5) is 23.3. The number of halogens is 1. The highest BCUT2D eigenvalue weighted by Gasteiger charge is 2.39. The number of nitro benzene ring substituents is 1. The molecule has 0 saturated carbocycles. The summed E-state index contributed by atoms with van der Waals surface area (Å²) in [5, 5.41) is 15.4. The van der Waals surface area contributed by atoms with Crippen molar-refractivity contribution in [2.45, 2.75) is 30.7 Å². The monoisotopic (exact) mass is 516 g/mol. The van der Waals surface area contributed by atoms with Crippen molar-refractivity contribution in [3.8, 4) is 11.3 Å². The van der Waals surface area contributed by atoms with E-state index in [1.807, 2.05) is 0 Å². The topological polar surface area (TPSA) is 135 Å². The maximum atomic E-state index is 13.0. The molecule has 4 rings (SSSR count). The summed E-state index contributed by atoms with van der Waals surface area (Å²) in [6.07, 6.45) is 2.19. The minimum absolute atomic E-state index is 0.0563. The number of aryl methyl sites for hydroxylation is 1. The van der Waals surface area contributed by atoms with Gasteiger partial charge in [-0.05, 0) is 61.7 Å². The molecule has 1 atom stereocenters. The number of sulfonamides is 1. The molecule has 1 saturated heterocycles. The second-order valence-electron chi connectivity index (χ2n) is 7.92. The third-order valence-corrected chi connectivity index (χ3v) is 7.79. The van der Waals surface area contributed by atoms with Crippen LogP contribution in [0, 0.1) is 17.0 Å². The van der Waals surface area contributed by atoms with Crippen LogP contribution in [0.4, 0.5) is 5.69 Å². The largest absolute Gasteiger partial charge is 0.455 e. The molecule has 1 amide bonds. The summed E-state index contributed by atoms with van der Waals surface area (Å²) >= 11 is 5.85. The summed E-state index contributed by atoms with van der Waals surface area (Å²) in [6.45, 7) is 2.03. The fraction of sp³-hybridized carbons (Fsp3) is 0.217. The van der Waals surface area contributed by atoms with E-state index < -0.39 is 26.9 Å². The normalized spacial score (nSPS) is 16.6. The van der Waals surface area contributed by atoms with Gasteiger partial charge in [0.05, 0.1) is 16.0 Å². The third kappa shape index (κ3) is 5.26. The van der Waals surface area contributed by atoms with Gasteiger partial charge in [0.25, 0.3) is 11.6 Å². The van der Waals surface area contributed by atoms with E-state index in [1.54, 1.807) is 25.1 Å². The second-order valence-corrected chi connectivity index (χ2v) is 10.2. The molecule has 1 N–H and O–H groups in total. The number of nitrogens with zero attached hydrogens (tertiary/aromatic N) is 3. The van der Waals surface area contributed by atoms with Crippen molar-refractivity contribution in [2.24, 2.45) is 5.10 Å². The van der Waals surface area contributed by atoms with E-state index in [1.165, 1.54) is 42.6 Å². The molecular formula is C23H21ClN4O6S. The zero-order valence-corrected chi connectivity index (χ0v) is 20.1. The van der Waals surface area contributed by atoms with Gasteiger partial charge in [-0.3, -0.25) is 14.9 Å². The molecule has 2 heterocycles. The Morgan fingerprint density at radius 3 is 2.69 bits per heavy atom. The van der Waals surface area contributed by atoms with Crippen LogP contribution in [0.5, 0.6) is 0 Å². The van der Waals surface area contributed by atoms with Crippen molar-refractivity contribution >= 4 is 39.4 Å². The van der Waals surface area contributed by atoms with Gasteiger partial charge in [0.1, 0.15) is 17.6 Å². The molecule has 1 aliphatic rings. The number of hydrazone groups is 1. The molecule has 1 fully saturated rings. The molecule has 35 heavy (non-hydrogen) atoms. The maximum Gasteiger partial charge on any atom is 0.270 e. The van der Waals surface area contributed by atoms with E-state index in [2.05, 4.69) is 10.5 Å². The van der Waals surface area contributed by atoms with Gasteiger partial charge in [-0.2, -0.15) is 9.41 Å². The molecule has 1 aliphatic heterocycles. The lowest BCUT2D eigenvalue weighted by Crippen LogP contribution is -2.44. The highest BCUT2D eigenvalue weighted by molar-refractivity contribution is 7.89. The van der Waals surface area contributed by atoms with Crippen LogP contribution in [0.3, 0.4) is 0 Å². The number of carbonyl (C=O) groups excluding carboxylic acids is 1. The first-order valence-electron chi connectivity index (χ1n) is 10.6. The number of nitrogens with one attached hydrogen (secondary N) is 1. The summed E-state index contributed by atoms with van der Waals surface area (Å²) in [5.41, 5.74) is 3.68. The van der Waals surface area contributed by atoms with Gasteiger partial charge < -0.3 is 4.42 Å². The Hall–Kier alpha value is -3.54. The zero-order chi connectivity index (χ0) is 25.2. The van der Waals surface area contributed by atoms with Gasteiger partial charge in [0, 0.05) is 29.3 Å². The van der Waals surface area contributed by atoms with Gasteiger partial charge >= 0.3 is 0 Å². The summed E-state index contributed by atoms with van der Waals surface area (Å²) in [7, 11) is -3.87. The van der Waals surface area contributed by atoms with Crippen LogP contribution >= 0.6 is 11.6 Å². The number of hydrogen-bond donors (Lipinski definition) is 1. The summed E-state index contributed by atoms with van der Waals surface area (Å²) in [6, 6.07) is 12.6. The Bertz CT molecular complexity index is 1400. The smallest absolute Gasteiger partial charge is 0.270 e.